The van der Waals surface area contributed by atoms with Crippen LogP contribution in [0.1, 0.15) is 45.4 Å². The van der Waals surface area contributed by atoms with E-state index >= 15 is 0 Å². The highest BCUT2D eigenvalue weighted by atomic mass is 19.1. The van der Waals surface area contributed by atoms with Crippen LogP contribution in [0.15, 0.2) is 24.3 Å². The summed E-state index contributed by atoms with van der Waals surface area (Å²) in [4.78, 5) is 14.4. The molecular formula is C17H24FNO2. The summed E-state index contributed by atoms with van der Waals surface area (Å²) in [6, 6.07) is 6.14. The second kappa shape index (κ2) is 7.43. The molecule has 0 aliphatic heterocycles. The summed E-state index contributed by atoms with van der Waals surface area (Å²) in [7, 11) is 1.87. The van der Waals surface area contributed by atoms with E-state index in [-0.39, 0.29) is 11.7 Å². The lowest BCUT2D eigenvalue weighted by Gasteiger charge is -2.33. The maximum Gasteiger partial charge on any atom is 0.263 e. The molecule has 1 saturated carbocycles. The zero-order valence-electron chi connectivity index (χ0n) is 12.8. The predicted molar refractivity (Wildman–Crippen MR) is 80.8 cm³/mol. The molecule has 0 bridgehead atoms. The minimum atomic E-state index is -0.498. The molecule has 116 valence electrons. The Labute approximate surface area is 126 Å². The van der Waals surface area contributed by atoms with Crippen LogP contribution in [0.4, 0.5) is 4.39 Å². The second-order valence-electron chi connectivity index (χ2n) is 5.71. The third kappa shape index (κ3) is 4.19. The van der Waals surface area contributed by atoms with E-state index in [9.17, 15) is 9.18 Å². The second-order valence-corrected chi connectivity index (χ2v) is 5.71. The van der Waals surface area contributed by atoms with Crippen LogP contribution < -0.4 is 4.74 Å². The van der Waals surface area contributed by atoms with Gasteiger partial charge in [0, 0.05) is 13.1 Å². The average Bonchev–Trinajstić information content (AvgIpc) is 2.54. The fourth-order valence-corrected chi connectivity index (χ4v) is 2.86. The van der Waals surface area contributed by atoms with Gasteiger partial charge in [-0.1, -0.05) is 26.2 Å². The number of likely N-dealkylation sites (N-methyl/N-ethyl adjacent to an activating group) is 1. The first kappa shape index (κ1) is 15.8. The highest BCUT2D eigenvalue weighted by molar-refractivity contribution is 5.81. The van der Waals surface area contributed by atoms with Crippen molar-refractivity contribution in [3.63, 3.8) is 0 Å². The SMILES string of the molecule is CCC(Oc1ccc(F)cc1)C(=O)N(C)C1CCCCC1. The third-order valence-electron chi connectivity index (χ3n) is 4.21. The molecule has 0 aromatic heterocycles. The summed E-state index contributed by atoms with van der Waals surface area (Å²) in [5, 5.41) is 0. The van der Waals surface area contributed by atoms with Crippen LogP contribution in [0.5, 0.6) is 5.75 Å². The molecule has 1 aliphatic rings. The number of hydrogen-bond donors (Lipinski definition) is 0. The Kier molecular flexibility index (Phi) is 5.59. The Morgan fingerprint density at radius 3 is 2.48 bits per heavy atom. The van der Waals surface area contributed by atoms with Gasteiger partial charge in [0.05, 0.1) is 0 Å². The standard InChI is InChI=1S/C17H24FNO2/c1-3-16(21-15-11-9-13(18)10-12-15)17(20)19(2)14-7-5-4-6-8-14/h9-12,14,16H,3-8H2,1-2H3. The minimum Gasteiger partial charge on any atom is -0.481 e. The van der Waals surface area contributed by atoms with Gasteiger partial charge in [-0.15, -0.1) is 0 Å². The van der Waals surface area contributed by atoms with Gasteiger partial charge in [0.2, 0.25) is 0 Å². The average molecular weight is 293 g/mol. The molecule has 1 aromatic rings. The molecule has 0 heterocycles. The maximum atomic E-state index is 12.9. The topological polar surface area (TPSA) is 29.5 Å². The Morgan fingerprint density at radius 1 is 1.29 bits per heavy atom. The largest absolute Gasteiger partial charge is 0.481 e. The number of rotatable bonds is 5. The highest BCUT2D eigenvalue weighted by Gasteiger charge is 2.28. The molecule has 1 amide bonds. The van der Waals surface area contributed by atoms with Gasteiger partial charge in [0.15, 0.2) is 6.10 Å². The Bertz CT molecular complexity index is 454. The van der Waals surface area contributed by atoms with Crippen LogP contribution in [0, 0.1) is 5.82 Å². The lowest BCUT2D eigenvalue weighted by Crippen LogP contribution is -2.45. The number of ether oxygens (including phenoxy) is 1. The van der Waals surface area contributed by atoms with Crippen LogP contribution in [-0.2, 0) is 4.79 Å². The van der Waals surface area contributed by atoms with Crippen molar-refractivity contribution >= 4 is 5.91 Å². The summed E-state index contributed by atoms with van der Waals surface area (Å²) >= 11 is 0. The lowest BCUT2D eigenvalue weighted by molar-refractivity contribution is -0.140. The molecule has 0 radical (unpaired) electrons. The van der Waals surface area contributed by atoms with E-state index in [2.05, 4.69) is 0 Å². The van der Waals surface area contributed by atoms with Gasteiger partial charge in [-0.05, 0) is 43.5 Å². The molecule has 21 heavy (non-hydrogen) atoms. The molecule has 1 fully saturated rings. The van der Waals surface area contributed by atoms with Gasteiger partial charge in [-0.2, -0.15) is 0 Å². The fourth-order valence-electron chi connectivity index (χ4n) is 2.86. The molecule has 2 rings (SSSR count). The van der Waals surface area contributed by atoms with Crippen LogP contribution in [0.25, 0.3) is 0 Å². The quantitative estimate of drug-likeness (QED) is 0.827. The zero-order chi connectivity index (χ0) is 15.2. The number of carbonyl (C=O) groups is 1. The number of benzene rings is 1. The first-order chi connectivity index (χ1) is 10.1. The Morgan fingerprint density at radius 2 is 1.90 bits per heavy atom. The van der Waals surface area contributed by atoms with Crippen molar-refractivity contribution in [2.24, 2.45) is 0 Å². The fraction of sp³-hybridized carbons (Fsp3) is 0.588. The van der Waals surface area contributed by atoms with Crippen molar-refractivity contribution in [1.29, 1.82) is 0 Å². The van der Waals surface area contributed by atoms with Crippen LogP contribution in [0.2, 0.25) is 0 Å². The van der Waals surface area contributed by atoms with Gasteiger partial charge in [-0.3, -0.25) is 4.79 Å². The smallest absolute Gasteiger partial charge is 0.263 e. The molecule has 0 spiro atoms. The number of halogens is 1. The van der Waals surface area contributed by atoms with Crippen molar-refractivity contribution < 1.29 is 13.9 Å². The van der Waals surface area contributed by atoms with Gasteiger partial charge in [0.25, 0.3) is 5.91 Å². The molecular weight excluding hydrogens is 269 g/mol. The molecule has 1 aromatic carbocycles. The Balaban J connectivity index is 1.98. The number of carbonyl (C=O) groups excluding carboxylic acids is 1. The Hall–Kier alpha value is -1.58. The van der Waals surface area contributed by atoms with Gasteiger partial charge < -0.3 is 9.64 Å². The number of hydrogen-bond acceptors (Lipinski definition) is 2. The molecule has 4 heteroatoms. The van der Waals surface area contributed by atoms with E-state index in [0.717, 1.165) is 12.8 Å². The van der Waals surface area contributed by atoms with Gasteiger partial charge >= 0.3 is 0 Å². The lowest BCUT2D eigenvalue weighted by atomic mass is 9.94. The van der Waals surface area contributed by atoms with Gasteiger partial charge in [0.1, 0.15) is 11.6 Å². The molecule has 1 aliphatic carbocycles. The monoisotopic (exact) mass is 293 g/mol. The van der Waals surface area contributed by atoms with Gasteiger partial charge in [-0.25, -0.2) is 4.39 Å². The van der Waals surface area contributed by atoms with Crippen molar-refractivity contribution in [2.75, 3.05) is 7.05 Å². The number of amides is 1. The summed E-state index contributed by atoms with van der Waals surface area (Å²) in [6.45, 7) is 1.93. The van der Waals surface area contributed by atoms with Crippen LogP contribution in [-0.4, -0.2) is 30.0 Å². The number of nitrogens with zero attached hydrogens (tertiary/aromatic N) is 1. The van der Waals surface area contributed by atoms with E-state index in [0.29, 0.717) is 18.2 Å². The minimum absolute atomic E-state index is 0.0220. The molecule has 0 N–H and O–H groups in total. The van der Waals surface area contributed by atoms with Crippen LogP contribution in [0.3, 0.4) is 0 Å². The molecule has 3 nitrogen and oxygen atoms in total. The molecule has 1 atom stereocenters. The summed E-state index contributed by atoms with van der Waals surface area (Å²) < 4.78 is 18.6. The maximum absolute atomic E-state index is 12.9. The van der Waals surface area contributed by atoms with E-state index < -0.39 is 6.10 Å². The van der Waals surface area contributed by atoms with Crippen LogP contribution >= 0.6 is 0 Å². The van der Waals surface area contributed by atoms with E-state index in [1.54, 1.807) is 12.1 Å². The highest BCUT2D eigenvalue weighted by Crippen LogP contribution is 2.23. The molecule has 1 unspecified atom stereocenters. The van der Waals surface area contributed by atoms with Crippen molar-refractivity contribution in [1.82, 2.24) is 4.90 Å². The van der Waals surface area contributed by atoms with E-state index in [1.165, 1.54) is 31.4 Å². The first-order valence-corrected chi connectivity index (χ1v) is 7.80. The predicted octanol–water partition coefficient (Wildman–Crippen LogP) is 3.77. The third-order valence-corrected chi connectivity index (χ3v) is 4.21. The normalized spacial score (nSPS) is 17.3. The summed E-state index contributed by atoms with van der Waals surface area (Å²) in [6.07, 6.45) is 5.91. The van der Waals surface area contributed by atoms with E-state index in [4.69, 9.17) is 4.74 Å². The first-order valence-electron chi connectivity index (χ1n) is 7.80. The van der Waals surface area contributed by atoms with Crippen molar-refractivity contribution in [3.05, 3.63) is 30.1 Å². The summed E-state index contributed by atoms with van der Waals surface area (Å²) in [5.74, 6) is 0.253. The molecule has 0 saturated heterocycles. The van der Waals surface area contributed by atoms with E-state index in [1.807, 2.05) is 18.9 Å². The summed E-state index contributed by atoms with van der Waals surface area (Å²) in [5.41, 5.74) is 0. The zero-order valence-corrected chi connectivity index (χ0v) is 12.8. The van der Waals surface area contributed by atoms with Crippen molar-refractivity contribution in [2.45, 2.75) is 57.6 Å². The van der Waals surface area contributed by atoms with Crippen molar-refractivity contribution in [3.8, 4) is 5.75 Å².